The second kappa shape index (κ2) is 4.84. The first kappa shape index (κ1) is 14.9. The summed E-state index contributed by atoms with van der Waals surface area (Å²) in [5, 5.41) is 0.00586. The molecule has 1 aromatic carbocycles. The molecule has 0 heterocycles. The molecule has 1 aromatic rings. The molecule has 0 spiro atoms. The Morgan fingerprint density at radius 2 is 1.83 bits per heavy atom. The molecular weight excluding hydrogens is 247 g/mol. The first-order chi connectivity index (χ1) is 8.10. The van der Waals surface area contributed by atoms with Gasteiger partial charge in [-0.25, -0.2) is 4.39 Å². The van der Waals surface area contributed by atoms with Gasteiger partial charge in [-0.1, -0.05) is 20.8 Å². The van der Waals surface area contributed by atoms with Crippen molar-refractivity contribution < 1.29 is 13.6 Å². The lowest BCUT2D eigenvalue weighted by Crippen LogP contribution is -2.44. The molecular formula is C14H21FO2Si. The van der Waals surface area contributed by atoms with Crippen molar-refractivity contribution in [1.82, 2.24) is 0 Å². The Labute approximate surface area is 109 Å². The summed E-state index contributed by atoms with van der Waals surface area (Å²) in [6, 6.07) is 2.77. The number of hydrogen-bond donors (Lipinski definition) is 0. The Morgan fingerprint density at radius 3 is 2.28 bits per heavy atom. The van der Waals surface area contributed by atoms with Gasteiger partial charge in [0.2, 0.25) is 0 Å². The van der Waals surface area contributed by atoms with Gasteiger partial charge >= 0.3 is 0 Å². The van der Waals surface area contributed by atoms with Crippen molar-refractivity contribution in [3.8, 4) is 5.75 Å². The van der Waals surface area contributed by atoms with Crippen molar-refractivity contribution >= 4 is 14.6 Å². The summed E-state index contributed by atoms with van der Waals surface area (Å²) in [6.07, 6.45) is 0.717. The van der Waals surface area contributed by atoms with Gasteiger partial charge < -0.3 is 4.43 Å². The Kier molecular flexibility index (Phi) is 4.01. The lowest BCUT2D eigenvalue weighted by molar-refractivity contribution is 0.112. The number of benzene rings is 1. The minimum Gasteiger partial charge on any atom is -0.543 e. The molecule has 0 saturated carbocycles. The van der Waals surface area contributed by atoms with E-state index >= 15 is 0 Å². The summed E-state index contributed by atoms with van der Waals surface area (Å²) >= 11 is 0. The van der Waals surface area contributed by atoms with Crippen molar-refractivity contribution in [2.45, 2.75) is 45.8 Å². The molecule has 0 aliphatic carbocycles. The van der Waals surface area contributed by atoms with Crippen LogP contribution in [0.3, 0.4) is 0 Å². The summed E-state index contributed by atoms with van der Waals surface area (Å²) in [6.45, 7) is 12.1. The van der Waals surface area contributed by atoms with E-state index in [0.29, 0.717) is 16.9 Å². The highest BCUT2D eigenvalue weighted by atomic mass is 28.4. The van der Waals surface area contributed by atoms with E-state index in [2.05, 4.69) is 33.9 Å². The average molecular weight is 268 g/mol. The van der Waals surface area contributed by atoms with Crippen LogP contribution in [0.15, 0.2) is 12.1 Å². The van der Waals surface area contributed by atoms with Gasteiger partial charge in [0.25, 0.3) is 8.32 Å². The lowest BCUT2D eigenvalue weighted by atomic mass is 10.1. The first-order valence-corrected chi connectivity index (χ1v) is 8.94. The molecule has 0 aliphatic heterocycles. The Balaban J connectivity index is 3.26. The normalized spacial score (nSPS) is 12.4. The van der Waals surface area contributed by atoms with Gasteiger partial charge in [0.05, 0.1) is 5.56 Å². The molecule has 1 rings (SSSR count). The van der Waals surface area contributed by atoms with Gasteiger partial charge in [0.1, 0.15) is 11.6 Å². The van der Waals surface area contributed by atoms with Crippen molar-refractivity contribution in [2.24, 2.45) is 0 Å². The van der Waals surface area contributed by atoms with Crippen molar-refractivity contribution in [1.29, 1.82) is 0 Å². The first-order valence-electron chi connectivity index (χ1n) is 6.03. The second-order valence-corrected chi connectivity index (χ2v) is 10.8. The molecule has 0 atom stereocenters. The zero-order valence-corrected chi connectivity index (χ0v) is 12.9. The Bertz CT molecular complexity index is 462. The molecule has 18 heavy (non-hydrogen) atoms. The van der Waals surface area contributed by atoms with E-state index in [1.54, 1.807) is 6.92 Å². The van der Waals surface area contributed by atoms with Crippen LogP contribution >= 0.6 is 0 Å². The van der Waals surface area contributed by atoms with E-state index in [9.17, 15) is 9.18 Å². The highest BCUT2D eigenvalue weighted by Crippen LogP contribution is 2.39. The fraction of sp³-hybridized carbons (Fsp3) is 0.500. The van der Waals surface area contributed by atoms with E-state index in [1.807, 2.05) is 0 Å². The van der Waals surface area contributed by atoms with Crippen LogP contribution in [0.1, 0.15) is 36.7 Å². The van der Waals surface area contributed by atoms with Crippen LogP contribution in [0.4, 0.5) is 4.39 Å². The van der Waals surface area contributed by atoms with Crippen LogP contribution in [0.25, 0.3) is 0 Å². The Morgan fingerprint density at radius 1 is 1.28 bits per heavy atom. The highest BCUT2D eigenvalue weighted by molar-refractivity contribution is 6.74. The van der Waals surface area contributed by atoms with Crippen molar-refractivity contribution in [3.63, 3.8) is 0 Å². The molecule has 0 bridgehead atoms. The minimum atomic E-state index is -2.07. The van der Waals surface area contributed by atoms with Gasteiger partial charge in [-0.15, -0.1) is 0 Å². The van der Waals surface area contributed by atoms with Crippen LogP contribution in [-0.4, -0.2) is 14.6 Å². The topological polar surface area (TPSA) is 26.3 Å². The van der Waals surface area contributed by atoms with Crippen LogP contribution in [-0.2, 0) is 0 Å². The number of rotatable bonds is 3. The smallest absolute Gasteiger partial charge is 0.250 e. The molecule has 2 nitrogen and oxygen atoms in total. The lowest BCUT2D eigenvalue weighted by Gasteiger charge is -2.37. The molecule has 0 unspecified atom stereocenters. The molecule has 0 fully saturated rings. The summed E-state index contributed by atoms with van der Waals surface area (Å²) in [7, 11) is -2.07. The molecule has 4 heteroatoms. The molecule has 0 aromatic heterocycles. The zero-order valence-electron chi connectivity index (χ0n) is 11.9. The average Bonchev–Trinajstić information content (AvgIpc) is 2.23. The molecule has 0 N–H and O–H groups in total. The van der Waals surface area contributed by atoms with Gasteiger partial charge in [-0.3, -0.25) is 4.79 Å². The fourth-order valence-corrected chi connectivity index (χ4v) is 2.41. The summed E-state index contributed by atoms with van der Waals surface area (Å²) in [5.74, 6) is 0.0610. The van der Waals surface area contributed by atoms with Crippen molar-refractivity contribution in [3.05, 3.63) is 29.1 Å². The molecule has 100 valence electrons. The third-order valence-corrected chi connectivity index (χ3v) is 7.99. The number of aldehydes is 1. The molecule has 0 aliphatic rings. The van der Waals surface area contributed by atoms with Crippen LogP contribution in [0, 0.1) is 12.7 Å². The van der Waals surface area contributed by atoms with Gasteiger partial charge in [-0.05, 0) is 37.2 Å². The van der Waals surface area contributed by atoms with E-state index in [1.165, 1.54) is 12.1 Å². The maximum atomic E-state index is 13.6. The number of halogens is 1. The van der Waals surface area contributed by atoms with Crippen LogP contribution < -0.4 is 4.43 Å². The standard InChI is InChI=1S/C14H21FO2Si/c1-10-12(15)8-7-11(9-16)13(10)17-18(5,6)14(2,3)4/h7-9H,1-6H3. The minimum absolute atomic E-state index is 0.00586. The third kappa shape index (κ3) is 2.80. The van der Waals surface area contributed by atoms with Crippen LogP contribution in [0.5, 0.6) is 5.75 Å². The molecule has 0 radical (unpaired) electrons. The quantitative estimate of drug-likeness (QED) is 0.602. The summed E-state index contributed by atoms with van der Waals surface area (Å²) in [4.78, 5) is 11.0. The SMILES string of the molecule is Cc1c(F)ccc(C=O)c1O[Si](C)(C)C(C)(C)C. The largest absolute Gasteiger partial charge is 0.543 e. The van der Waals surface area contributed by atoms with E-state index in [-0.39, 0.29) is 10.9 Å². The Hall–Kier alpha value is -1.16. The van der Waals surface area contributed by atoms with Gasteiger partial charge in [0, 0.05) is 5.56 Å². The molecule has 0 amide bonds. The monoisotopic (exact) mass is 268 g/mol. The number of hydrogen-bond acceptors (Lipinski definition) is 2. The number of carbonyl (C=O) groups is 1. The van der Waals surface area contributed by atoms with Crippen molar-refractivity contribution in [2.75, 3.05) is 0 Å². The van der Waals surface area contributed by atoms with Gasteiger partial charge in [0.15, 0.2) is 6.29 Å². The zero-order chi connectivity index (χ0) is 14.1. The van der Waals surface area contributed by atoms with Gasteiger partial charge in [-0.2, -0.15) is 0 Å². The fourth-order valence-electron chi connectivity index (χ4n) is 1.33. The predicted molar refractivity (Wildman–Crippen MR) is 74.3 cm³/mol. The van der Waals surface area contributed by atoms with E-state index < -0.39 is 8.32 Å². The van der Waals surface area contributed by atoms with E-state index in [4.69, 9.17) is 4.43 Å². The molecule has 0 saturated heterocycles. The predicted octanol–water partition coefficient (Wildman–Crippen LogP) is 4.33. The maximum absolute atomic E-state index is 13.6. The van der Waals surface area contributed by atoms with Crippen LogP contribution in [0.2, 0.25) is 18.1 Å². The second-order valence-electron chi connectivity index (χ2n) is 6.07. The third-order valence-electron chi connectivity index (χ3n) is 3.66. The number of carbonyl (C=O) groups excluding carboxylic acids is 1. The van der Waals surface area contributed by atoms with E-state index in [0.717, 1.165) is 6.29 Å². The summed E-state index contributed by atoms with van der Waals surface area (Å²) in [5.41, 5.74) is 0.822. The summed E-state index contributed by atoms with van der Waals surface area (Å²) < 4.78 is 19.7. The maximum Gasteiger partial charge on any atom is 0.250 e. The highest BCUT2D eigenvalue weighted by Gasteiger charge is 2.39.